The molecule has 1 aliphatic rings. The van der Waals surface area contributed by atoms with Gasteiger partial charge in [0.25, 0.3) is 0 Å². The lowest BCUT2D eigenvalue weighted by Gasteiger charge is -2.31. The van der Waals surface area contributed by atoms with Gasteiger partial charge in [-0.1, -0.05) is 13.8 Å². The highest BCUT2D eigenvalue weighted by molar-refractivity contribution is 5.77. The van der Waals surface area contributed by atoms with E-state index in [2.05, 4.69) is 13.8 Å². The van der Waals surface area contributed by atoms with Crippen LogP contribution in [0, 0.1) is 23.2 Å². The molecule has 0 bridgehead atoms. The van der Waals surface area contributed by atoms with Crippen molar-refractivity contribution in [2.45, 2.75) is 45.6 Å². The summed E-state index contributed by atoms with van der Waals surface area (Å²) >= 11 is 0. The molecule has 1 amide bonds. The second kappa shape index (κ2) is 7.38. The van der Waals surface area contributed by atoms with Gasteiger partial charge < -0.3 is 9.64 Å². The standard InChI is InChI=1S/C14H24N2O2/c1-11-7-12(2)9-13(8-11)18-10-14(17)16(3)6-4-5-15/h11-13H,4,6-10H2,1-3H3. The quantitative estimate of drug-likeness (QED) is 0.753. The number of ether oxygens (including phenoxy) is 1. The molecule has 1 aliphatic carbocycles. The molecule has 0 aromatic rings. The summed E-state index contributed by atoms with van der Waals surface area (Å²) in [5.74, 6) is 1.34. The molecule has 0 aliphatic heterocycles. The molecule has 1 rings (SSSR count). The lowest BCUT2D eigenvalue weighted by molar-refractivity contribution is -0.138. The average molecular weight is 252 g/mol. The van der Waals surface area contributed by atoms with Crippen molar-refractivity contribution in [2.75, 3.05) is 20.2 Å². The molecule has 0 N–H and O–H groups in total. The lowest BCUT2D eigenvalue weighted by atomic mass is 9.82. The number of hydrogen-bond donors (Lipinski definition) is 0. The zero-order valence-electron chi connectivity index (χ0n) is 11.7. The molecular weight excluding hydrogens is 228 g/mol. The third-order valence-corrected chi connectivity index (χ3v) is 3.56. The van der Waals surface area contributed by atoms with Crippen LogP contribution in [0.3, 0.4) is 0 Å². The first-order chi connectivity index (χ1) is 8.52. The molecule has 4 heteroatoms. The Bertz CT molecular complexity index is 301. The smallest absolute Gasteiger partial charge is 0.248 e. The molecule has 2 atom stereocenters. The Kier molecular flexibility index (Phi) is 6.14. The van der Waals surface area contributed by atoms with E-state index in [4.69, 9.17) is 10.00 Å². The van der Waals surface area contributed by atoms with Crippen molar-refractivity contribution in [2.24, 2.45) is 11.8 Å². The van der Waals surface area contributed by atoms with Crippen LogP contribution in [0.25, 0.3) is 0 Å². The molecule has 18 heavy (non-hydrogen) atoms. The maximum absolute atomic E-state index is 11.7. The van der Waals surface area contributed by atoms with Crippen LogP contribution in [0.2, 0.25) is 0 Å². The minimum absolute atomic E-state index is 0.0314. The van der Waals surface area contributed by atoms with Gasteiger partial charge in [0.15, 0.2) is 0 Å². The highest BCUT2D eigenvalue weighted by atomic mass is 16.5. The lowest BCUT2D eigenvalue weighted by Crippen LogP contribution is -2.34. The monoisotopic (exact) mass is 252 g/mol. The van der Waals surface area contributed by atoms with E-state index >= 15 is 0 Å². The van der Waals surface area contributed by atoms with Gasteiger partial charge in [0.2, 0.25) is 5.91 Å². The van der Waals surface area contributed by atoms with Crippen LogP contribution in [0.15, 0.2) is 0 Å². The second-order valence-corrected chi connectivity index (χ2v) is 5.57. The summed E-state index contributed by atoms with van der Waals surface area (Å²) < 4.78 is 5.71. The van der Waals surface area contributed by atoms with Crippen LogP contribution in [0.1, 0.15) is 39.5 Å². The van der Waals surface area contributed by atoms with Gasteiger partial charge in [-0.15, -0.1) is 0 Å². The molecule has 0 saturated heterocycles. The fourth-order valence-electron chi connectivity index (χ4n) is 2.65. The van der Waals surface area contributed by atoms with Crippen molar-refractivity contribution in [3.05, 3.63) is 0 Å². The van der Waals surface area contributed by atoms with Crippen LogP contribution in [0.5, 0.6) is 0 Å². The van der Waals surface area contributed by atoms with Crippen molar-refractivity contribution in [3.63, 3.8) is 0 Å². The molecule has 2 unspecified atom stereocenters. The summed E-state index contributed by atoms with van der Waals surface area (Å²) in [6.07, 6.45) is 3.96. The Morgan fingerprint density at radius 3 is 2.50 bits per heavy atom. The minimum atomic E-state index is -0.0314. The molecule has 0 aromatic heterocycles. The first kappa shape index (κ1) is 15.0. The van der Waals surface area contributed by atoms with Crippen LogP contribution in [-0.2, 0) is 9.53 Å². The summed E-state index contributed by atoms with van der Waals surface area (Å²) in [4.78, 5) is 13.3. The highest BCUT2D eigenvalue weighted by Crippen LogP contribution is 2.30. The van der Waals surface area contributed by atoms with Gasteiger partial charge in [-0.25, -0.2) is 0 Å². The summed E-state index contributed by atoms with van der Waals surface area (Å²) in [5, 5.41) is 8.47. The molecule has 0 spiro atoms. The number of carbonyl (C=O) groups is 1. The number of hydrogen-bond acceptors (Lipinski definition) is 3. The number of nitrogens with zero attached hydrogens (tertiary/aromatic N) is 2. The molecule has 0 heterocycles. The van der Waals surface area contributed by atoms with Crippen molar-refractivity contribution < 1.29 is 9.53 Å². The minimum Gasteiger partial charge on any atom is -0.368 e. The largest absolute Gasteiger partial charge is 0.368 e. The molecule has 4 nitrogen and oxygen atoms in total. The fraction of sp³-hybridized carbons (Fsp3) is 0.857. The van der Waals surface area contributed by atoms with Gasteiger partial charge in [0, 0.05) is 13.6 Å². The fourth-order valence-corrected chi connectivity index (χ4v) is 2.65. The van der Waals surface area contributed by atoms with Crippen molar-refractivity contribution >= 4 is 5.91 Å². The van der Waals surface area contributed by atoms with Crippen molar-refractivity contribution in [1.82, 2.24) is 4.90 Å². The van der Waals surface area contributed by atoms with Gasteiger partial charge in [0.05, 0.1) is 18.6 Å². The van der Waals surface area contributed by atoms with E-state index < -0.39 is 0 Å². The number of amides is 1. The SMILES string of the molecule is CC1CC(C)CC(OCC(=O)N(C)CCC#N)C1. The van der Waals surface area contributed by atoms with E-state index in [0.29, 0.717) is 24.8 Å². The Hall–Kier alpha value is -1.08. The van der Waals surface area contributed by atoms with Crippen LogP contribution in [0.4, 0.5) is 0 Å². The number of carbonyl (C=O) groups excluding carboxylic acids is 1. The van der Waals surface area contributed by atoms with Gasteiger partial charge in [-0.2, -0.15) is 5.26 Å². The Morgan fingerprint density at radius 2 is 1.94 bits per heavy atom. The van der Waals surface area contributed by atoms with Gasteiger partial charge in [0.1, 0.15) is 6.61 Å². The Labute approximate surface area is 110 Å². The predicted molar refractivity (Wildman–Crippen MR) is 69.8 cm³/mol. The number of nitriles is 1. The molecule has 1 fully saturated rings. The topological polar surface area (TPSA) is 53.3 Å². The second-order valence-electron chi connectivity index (χ2n) is 5.57. The maximum atomic E-state index is 11.7. The van der Waals surface area contributed by atoms with E-state index in [-0.39, 0.29) is 18.6 Å². The average Bonchev–Trinajstić information content (AvgIpc) is 2.31. The third-order valence-electron chi connectivity index (χ3n) is 3.56. The van der Waals surface area contributed by atoms with E-state index in [1.54, 1.807) is 11.9 Å². The Morgan fingerprint density at radius 1 is 1.33 bits per heavy atom. The normalized spacial score (nSPS) is 27.6. The van der Waals surface area contributed by atoms with E-state index in [1.807, 2.05) is 6.07 Å². The van der Waals surface area contributed by atoms with Crippen molar-refractivity contribution in [1.29, 1.82) is 5.26 Å². The van der Waals surface area contributed by atoms with Gasteiger partial charge >= 0.3 is 0 Å². The maximum Gasteiger partial charge on any atom is 0.248 e. The first-order valence-electron chi connectivity index (χ1n) is 6.75. The first-order valence-corrected chi connectivity index (χ1v) is 6.75. The van der Waals surface area contributed by atoms with E-state index in [9.17, 15) is 4.79 Å². The molecule has 0 radical (unpaired) electrons. The van der Waals surface area contributed by atoms with Crippen LogP contribution in [-0.4, -0.2) is 37.1 Å². The Balaban J connectivity index is 2.27. The molecule has 1 saturated carbocycles. The summed E-state index contributed by atoms with van der Waals surface area (Å²) in [6, 6.07) is 2.04. The van der Waals surface area contributed by atoms with Crippen molar-refractivity contribution in [3.8, 4) is 6.07 Å². The summed E-state index contributed by atoms with van der Waals surface area (Å²) in [7, 11) is 1.72. The number of rotatable bonds is 5. The van der Waals surface area contributed by atoms with Gasteiger partial charge in [-0.3, -0.25) is 4.79 Å². The predicted octanol–water partition coefficient (Wildman–Crippen LogP) is 2.20. The zero-order chi connectivity index (χ0) is 13.5. The zero-order valence-corrected chi connectivity index (χ0v) is 11.7. The van der Waals surface area contributed by atoms with E-state index in [1.165, 1.54) is 6.42 Å². The summed E-state index contributed by atoms with van der Waals surface area (Å²) in [6.45, 7) is 5.11. The van der Waals surface area contributed by atoms with E-state index in [0.717, 1.165) is 12.8 Å². The van der Waals surface area contributed by atoms with Crippen LogP contribution < -0.4 is 0 Å². The highest BCUT2D eigenvalue weighted by Gasteiger charge is 2.25. The molecule has 102 valence electrons. The molecule has 0 aromatic carbocycles. The third kappa shape index (κ3) is 5.05. The molecular formula is C14H24N2O2. The van der Waals surface area contributed by atoms with Crippen LogP contribution >= 0.6 is 0 Å². The van der Waals surface area contributed by atoms with Gasteiger partial charge in [-0.05, 0) is 31.1 Å². The summed E-state index contributed by atoms with van der Waals surface area (Å²) in [5.41, 5.74) is 0. The number of likely N-dealkylation sites (N-methyl/N-ethyl adjacent to an activating group) is 1.